The topological polar surface area (TPSA) is 68.7 Å². The van der Waals surface area contributed by atoms with E-state index in [-0.39, 0.29) is 13.0 Å². The Bertz CT molecular complexity index is 1100. The largest absolute Gasteiger partial charge is 0.481 e. The molecule has 3 aromatic rings. The van der Waals surface area contributed by atoms with Crippen LogP contribution in [0.2, 0.25) is 5.02 Å². The van der Waals surface area contributed by atoms with E-state index in [1.54, 1.807) is 30.3 Å². The molecule has 1 aromatic heterocycles. The van der Waals surface area contributed by atoms with E-state index in [9.17, 15) is 14.3 Å². The van der Waals surface area contributed by atoms with Gasteiger partial charge in [-0.15, -0.1) is 0 Å². The maximum Gasteiger partial charge on any atom is 0.307 e. The summed E-state index contributed by atoms with van der Waals surface area (Å²) in [5.41, 5.74) is 3.58. The third-order valence-electron chi connectivity index (χ3n) is 4.90. The first-order chi connectivity index (χ1) is 14.5. The van der Waals surface area contributed by atoms with Crippen molar-refractivity contribution in [3.05, 3.63) is 81.6 Å². The van der Waals surface area contributed by atoms with Gasteiger partial charge in [0.2, 0.25) is 5.88 Å². The summed E-state index contributed by atoms with van der Waals surface area (Å²) < 4.78 is 26.4. The molecule has 1 N–H and O–H groups in total. The number of ether oxygens (including phenoxy) is 2. The Morgan fingerprint density at radius 2 is 2.00 bits per heavy atom. The molecule has 30 heavy (non-hydrogen) atoms. The fraction of sp³-hybridized carbons (Fsp3) is 0.217. The van der Waals surface area contributed by atoms with Gasteiger partial charge in [-0.3, -0.25) is 4.79 Å². The monoisotopic (exact) mass is 427 g/mol. The molecule has 2 aromatic carbocycles. The fourth-order valence-electron chi connectivity index (χ4n) is 3.41. The van der Waals surface area contributed by atoms with Gasteiger partial charge in [-0.1, -0.05) is 23.7 Å². The molecule has 0 radical (unpaired) electrons. The van der Waals surface area contributed by atoms with Crippen molar-refractivity contribution in [1.82, 2.24) is 4.98 Å². The number of aliphatic carboxylic acids is 1. The Morgan fingerprint density at radius 3 is 2.83 bits per heavy atom. The van der Waals surface area contributed by atoms with Crippen LogP contribution in [0.15, 0.2) is 48.5 Å². The molecule has 1 aliphatic rings. The van der Waals surface area contributed by atoms with Crippen LogP contribution in [0, 0.1) is 5.82 Å². The van der Waals surface area contributed by atoms with Crippen molar-refractivity contribution in [1.29, 1.82) is 0 Å². The average molecular weight is 428 g/mol. The van der Waals surface area contributed by atoms with Gasteiger partial charge in [-0.05, 0) is 59.0 Å². The Hall–Kier alpha value is -2.96. The van der Waals surface area contributed by atoms with Gasteiger partial charge in [0.05, 0.1) is 25.3 Å². The number of carbonyl (C=O) groups is 1. The molecule has 0 amide bonds. The normalized spacial score (nSPS) is 13.7. The van der Waals surface area contributed by atoms with E-state index in [0.717, 1.165) is 11.1 Å². The lowest BCUT2D eigenvalue weighted by Crippen LogP contribution is -2.08. The second kappa shape index (κ2) is 8.81. The highest BCUT2D eigenvalue weighted by molar-refractivity contribution is 6.31. The number of benzene rings is 2. The second-order valence-corrected chi connectivity index (χ2v) is 7.46. The molecule has 0 fully saturated rings. The summed E-state index contributed by atoms with van der Waals surface area (Å²) in [6, 6.07) is 13.7. The van der Waals surface area contributed by atoms with Gasteiger partial charge < -0.3 is 14.6 Å². The van der Waals surface area contributed by atoms with Crippen molar-refractivity contribution in [2.75, 3.05) is 6.61 Å². The zero-order chi connectivity index (χ0) is 21.1. The van der Waals surface area contributed by atoms with Crippen molar-refractivity contribution >= 4 is 17.6 Å². The van der Waals surface area contributed by atoms with Crippen molar-refractivity contribution in [2.24, 2.45) is 0 Å². The lowest BCUT2D eigenvalue weighted by molar-refractivity contribution is -0.136. The number of pyridine rings is 1. The van der Waals surface area contributed by atoms with E-state index in [4.69, 9.17) is 21.1 Å². The Labute approximate surface area is 178 Å². The molecule has 154 valence electrons. The van der Waals surface area contributed by atoms with Crippen LogP contribution < -0.4 is 4.74 Å². The molecule has 2 heterocycles. The summed E-state index contributed by atoms with van der Waals surface area (Å²) in [7, 11) is 0. The van der Waals surface area contributed by atoms with Crippen LogP contribution in [0.25, 0.3) is 11.3 Å². The number of hydrogen-bond donors (Lipinski definition) is 1. The highest BCUT2D eigenvalue weighted by Crippen LogP contribution is 2.28. The highest BCUT2D eigenvalue weighted by Gasteiger charge is 2.16. The summed E-state index contributed by atoms with van der Waals surface area (Å²) in [5, 5.41) is 9.79. The summed E-state index contributed by atoms with van der Waals surface area (Å²) in [4.78, 5) is 15.7. The van der Waals surface area contributed by atoms with E-state index in [2.05, 4.69) is 4.98 Å². The molecule has 0 atom stereocenters. The van der Waals surface area contributed by atoms with Crippen molar-refractivity contribution in [3.63, 3.8) is 0 Å². The van der Waals surface area contributed by atoms with Crippen LogP contribution in [-0.4, -0.2) is 22.7 Å². The summed E-state index contributed by atoms with van der Waals surface area (Å²) in [5.74, 6) is -1.18. The van der Waals surface area contributed by atoms with Crippen LogP contribution in [0.1, 0.15) is 22.3 Å². The van der Waals surface area contributed by atoms with E-state index >= 15 is 0 Å². The van der Waals surface area contributed by atoms with Gasteiger partial charge in [-0.25, -0.2) is 9.37 Å². The van der Waals surface area contributed by atoms with Gasteiger partial charge in [0.15, 0.2) is 0 Å². The summed E-state index contributed by atoms with van der Waals surface area (Å²) in [6.45, 7) is 0.926. The first-order valence-electron chi connectivity index (χ1n) is 9.48. The highest BCUT2D eigenvalue weighted by atomic mass is 35.5. The number of hydrogen-bond acceptors (Lipinski definition) is 4. The van der Waals surface area contributed by atoms with E-state index in [0.29, 0.717) is 52.9 Å². The quantitative estimate of drug-likeness (QED) is 0.635. The van der Waals surface area contributed by atoms with Gasteiger partial charge in [-0.2, -0.15) is 0 Å². The van der Waals surface area contributed by atoms with Crippen molar-refractivity contribution in [3.8, 4) is 17.1 Å². The molecule has 4 rings (SSSR count). The minimum absolute atomic E-state index is 0.267. The van der Waals surface area contributed by atoms with Crippen LogP contribution in [0.5, 0.6) is 5.88 Å². The molecule has 7 heteroatoms. The van der Waals surface area contributed by atoms with Crippen molar-refractivity contribution in [2.45, 2.75) is 26.1 Å². The van der Waals surface area contributed by atoms with Gasteiger partial charge in [0, 0.05) is 16.7 Å². The third kappa shape index (κ3) is 4.61. The molecule has 0 spiro atoms. The molecular weight excluding hydrogens is 409 g/mol. The Morgan fingerprint density at radius 1 is 1.13 bits per heavy atom. The maximum atomic E-state index is 14.8. The molecule has 6 bridgehead atoms. The zero-order valence-electron chi connectivity index (χ0n) is 16.0. The lowest BCUT2D eigenvalue weighted by atomic mass is 9.97. The number of carboxylic acid groups (broad SMARTS) is 1. The lowest BCUT2D eigenvalue weighted by Gasteiger charge is -2.13. The molecule has 0 unspecified atom stereocenters. The van der Waals surface area contributed by atoms with E-state index in [1.165, 1.54) is 6.07 Å². The average Bonchev–Trinajstić information content (AvgIpc) is 2.72. The van der Waals surface area contributed by atoms with Gasteiger partial charge in [0.25, 0.3) is 0 Å². The minimum Gasteiger partial charge on any atom is -0.481 e. The molecular formula is C23H19ClFNO4. The first kappa shape index (κ1) is 20.3. The molecule has 0 aliphatic carbocycles. The van der Waals surface area contributed by atoms with Crippen LogP contribution >= 0.6 is 11.6 Å². The van der Waals surface area contributed by atoms with Crippen LogP contribution in [0.3, 0.4) is 0 Å². The summed E-state index contributed by atoms with van der Waals surface area (Å²) >= 11 is 6.28. The van der Waals surface area contributed by atoms with Crippen LogP contribution in [-0.2, 0) is 35.6 Å². The molecule has 0 saturated heterocycles. The van der Waals surface area contributed by atoms with E-state index < -0.39 is 11.8 Å². The summed E-state index contributed by atoms with van der Waals surface area (Å²) in [6.07, 6.45) is 0.167. The van der Waals surface area contributed by atoms with Gasteiger partial charge in [0.1, 0.15) is 12.4 Å². The molecule has 0 saturated carbocycles. The Kier molecular flexibility index (Phi) is 5.97. The molecule has 5 nitrogen and oxygen atoms in total. The third-order valence-corrected chi connectivity index (χ3v) is 5.27. The molecule has 1 aliphatic heterocycles. The number of fused-ring (bicyclic) bond motifs is 7. The number of aromatic nitrogens is 1. The van der Waals surface area contributed by atoms with Crippen molar-refractivity contribution < 1.29 is 23.8 Å². The number of rotatable bonds is 2. The second-order valence-electron chi connectivity index (χ2n) is 7.05. The first-order valence-corrected chi connectivity index (χ1v) is 9.86. The minimum atomic E-state index is -1.02. The Balaban J connectivity index is 1.76. The van der Waals surface area contributed by atoms with Gasteiger partial charge >= 0.3 is 5.97 Å². The fourth-order valence-corrected chi connectivity index (χ4v) is 3.58. The SMILES string of the molecule is O=C(O)Cc1cc(F)c2cc1CCOCc1cc(ccc1Cl)COc1cccc-2n1. The van der Waals surface area contributed by atoms with E-state index in [1.807, 2.05) is 12.1 Å². The predicted molar refractivity (Wildman–Crippen MR) is 110 cm³/mol. The van der Waals surface area contributed by atoms with Crippen LogP contribution in [0.4, 0.5) is 4.39 Å². The smallest absolute Gasteiger partial charge is 0.307 e. The maximum absolute atomic E-state index is 14.8. The number of halogens is 2. The number of carboxylic acids is 1. The predicted octanol–water partition coefficient (Wildman–Crippen LogP) is 4.82. The standard InChI is InChI=1S/C23H19ClFNO4/c24-19-5-4-14-8-17(19)13-29-7-6-15-9-18(20(25)10-16(15)11-23(27)28)21-2-1-3-22(26-21)30-12-14/h1-5,8-10H,6-7,11-13H2,(H,27,28). The zero-order valence-corrected chi connectivity index (χ0v) is 16.8. The number of nitrogens with zero attached hydrogens (tertiary/aromatic N) is 1.